The molecular weight excluding hydrogens is 358 g/mol. The topological polar surface area (TPSA) is 52.7 Å². The minimum Gasteiger partial charge on any atom is -0.356 e. The van der Waals surface area contributed by atoms with Crippen LogP contribution in [0, 0.1) is 11.8 Å². The summed E-state index contributed by atoms with van der Waals surface area (Å²) >= 11 is 1.65. The molecule has 1 atom stereocenters. The Kier molecular flexibility index (Phi) is 7.19. The summed E-state index contributed by atoms with van der Waals surface area (Å²) in [6.45, 7) is 6.89. The van der Waals surface area contributed by atoms with E-state index in [9.17, 15) is 9.59 Å². The SMILES string of the molecule is CSc1cccc(N2CC(C(=O)NCCCN3CCC(C)CC3)CC2=O)c1. The number of amides is 2. The van der Waals surface area contributed by atoms with Crippen LogP contribution in [-0.2, 0) is 9.59 Å². The van der Waals surface area contributed by atoms with Gasteiger partial charge in [0.2, 0.25) is 11.8 Å². The second-order valence-corrected chi connectivity index (χ2v) is 8.66. The van der Waals surface area contributed by atoms with Crippen LogP contribution in [0.15, 0.2) is 29.2 Å². The van der Waals surface area contributed by atoms with Crippen LogP contribution in [0.25, 0.3) is 0 Å². The van der Waals surface area contributed by atoms with Crippen molar-refractivity contribution in [3.05, 3.63) is 24.3 Å². The summed E-state index contributed by atoms with van der Waals surface area (Å²) in [4.78, 5) is 30.2. The summed E-state index contributed by atoms with van der Waals surface area (Å²) in [7, 11) is 0. The van der Waals surface area contributed by atoms with Gasteiger partial charge in [0.25, 0.3) is 0 Å². The van der Waals surface area contributed by atoms with E-state index in [1.54, 1.807) is 16.7 Å². The number of nitrogens with zero attached hydrogens (tertiary/aromatic N) is 2. The molecule has 2 amide bonds. The lowest BCUT2D eigenvalue weighted by Crippen LogP contribution is -2.37. The Morgan fingerprint density at radius 1 is 1.30 bits per heavy atom. The van der Waals surface area contributed by atoms with Crippen molar-refractivity contribution < 1.29 is 9.59 Å². The van der Waals surface area contributed by atoms with Crippen molar-refractivity contribution in [3.8, 4) is 0 Å². The van der Waals surface area contributed by atoms with Crippen LogP contribution in [0.2, 0.25) is 0 Å². The van der Waals surface area contributed by atoms with E-state index in [1.807, 2.05) is 30.5 Å². The predicted octanol–water partition coefficient (Wildman–Crippen LogP) is 3.00. The number of rotatable bonds is 7. The number of anilines is 1. The number of thioether (sulfide) groups is 1. The van der Waals surface area contributed by atoms with Gasteiger partial charge in [0.15, 0.2) is 0 Å². The Hall–Kier alpha value is -1.53. The zero-order valence-corrected chi connectivity index (χ0v) is 17.3. The molecule has 0 saturated carbocycles. The van der Waals surface area contributed by atoms with E-state index in [2.05, 4.69) is 17.1 Å². The lowest BCUT2D eigenvalue weighted by Gasteiger charge is -2.30. The van der Waals surface area contributed by atoms with E-state index < -0.39 is 0 Å². The first-order valence-electron chi connectivity index (χ1n) is 10.0. The van der Waals surface area contributed by atoms with Gasteiger partial charge in [-0.15, -0.1) is 11.8 Å². The Morgan fingerprint density at radius 2 is 2.07 bits per heavy atom. The van der Waals surface area contributed by atoms with E-state index in [-0.39, 0.29) is 17.7 Å². The van der Waals surface area contributed by atoms with E-state index >= 15 is 0 Å². The fourth-order valence-electron chi connectivity index (χ4n) is 3.86. The van der Waals surface area contributed by atoms with E-state index in [1.165, 1.54) is 25.9 Å². The molecule has 1 N–H and O–H groups in total. The summed E-state index contributed by atoms with van der Waals surface area (Å²) < 4.78 is 0. The highest BCUT2D eigenvalue weighted by Gasteiger charge is 2.35. The second-order valence-electron chi connectivity index (χ2n) is 7.78. The number of carbonyl (C=O) groups excluding carboxylic acids is 2. The maximum absolute atomic E-state index is 12.5. The fraction of sp³-hybridized carbons (Fsp3) is 0.619. The average Bonchev–Trinajstić information content (AvgIpc) is 3.08. The van der Waals surface area contributed by atoms with Crippen LogP contribution in [0.1, 0.15) is 32.6 Å². The maximum Gasteiger partial charge on any atom is 0.227 e. The summed E-state index contributed by atoms with van der Waals surface area (Å²) in [5.41, 5.74) is 0.890. The predicted molar refractivity (Wildman–Crippen MR) is 111 cm³/mol. The van der Waals surface area contributed by atoms with E-state index in [4.69, 9.17) is 0 Å². The monoisotopic (exact) mass is 389 g/mol. The molecule has 2 heterocycles. The normalized spacial score (nSPS) is 21.6. The number of nitrogens with one attached hydrogen (secondary N) is 1. The Morgan fingerprint density at radius 3 is 2.81 bits per heavy atom. The van der Waals surface area contributed by atoms with Crippen LogP contribution in [-0.4, -0.2) is 55.7 Å². The average molecular weight is 390 g/mol. The number of likely N-dealkylation sites (tertiary alicyclic amines) is 1. The molecule has 0 aromatic heterocycles. The molecule has 2 aliphatic rings. The van der Waals surface area contributed by atoms with Crippen molar-refractivity contribution in [2.24, 2.45) is 11.8 Å². The standard InChI is InChI=1S/C21H31N3O2S/c1-16-7-11-23(12-8-16)10-4-9-22-21(26)17-13-20(25)24(15-17)18-5-3-6-19(14-18)27-2/h3,5-6,14,16-17H,4,7-13,15H2,1-2H3,(H,22,26). The van der Waals surface area contributed by atoms with Crippen molar-refractivity contribution in [1.29, 1.82) is 0 Å². The smallest absolute Gasteiger partial charge is 0.227 e. The van der Waals surface area contributed by atoms with Crippen molar-refractivity contribution in [2.75, 3.05) is 43.9 Å². The number of benzene rings is 1. The highest BCUT2D eigenvalue weighted by molar-refractivity contribution is 7.98. The quantitative estimate of drug-likeness (QED) is 0.575. The van der Waals surface area contributed by atoms with Crippen molar-refractivity contribution in [1.82, 2.24) is 10.2 Å². The molecule has 1 aromatic rings. The molecule has 0 spiro atoms. The summed E-state index contributed by atoms with van der Waals surface area (Å²) in [6.07, 6.45) is 5.86. The van der Waals surface area contributed by atoms with E-state index in [0.717, 1.165) is 29.5 Å². The van der Waals surface area contributed by atoms with Gasteiger partial charge in [0.05, 0.1) is 5.92 Å². The summed E-state index contributed by atoms with van der Waals surface area (Å²) in [6, 6.07) is 7.95. The van der Waals surface area contributed by atoms with Gasteiger partial charge in [-0.2, -0.15) is 0 Å². The second kappa shape index (κ2) is 9.60. The Balaban J connectivity index is 1.42. The van der Waals surface area contributed by atoms with Crippen molar-refractivity contribution in [3.63, 3.8) is 0 Å². The highest BCUT2D eigenvalue weighted by atomic mass is 32.2. The first-order chi connectivity index (χ1) is 13.1. The Labute approximate surface area is 166 Å². The van der Waals surface area contributed by atoms with Crippen molar-refractivity contribution in [2.45, 2.75) is 37.5 Å². The molecule has 0 bridgehead atoms. The Bertz CT molecular complexity index is 659. The van der Waals surface area contributed by atoms with Crippen LogP contribution in [0.3, 0.4) is 0 Å². The lowest BCUT2D eigenvalue weighted by molar-refractivity contribution is -0.126. The third-order valence-corrected chi connectivity index (χ3v) is 6.41. The number of carbonyl (C=O) groups is 2. The molecule has 2 aliphatic heterocycles. The molecule has 27 heavy (non-hydrogen) atoms. The first-order valence-corrected chi connectivity index (χ1v) is 11.2. The number of hydrogen-bond donors (Lipinski definition) is 1. The summed E-state index contributed by atoms with van der Waals surface area (Å²) in [5.74, 6) is 0.654. The zero-order valence-electron chi connectivity index (χ0n) is 16.4. The van der Waals surface area contributed by atoms with Gasteiger partial charge in [-0.1, -0.05) is 13.0 Å². The molecule has 3 rings (SSSR count). The van der Waals surface area contributed by atoms with Crippen LogP contribution < -0.4 is 10.2 Å². The zero-order chi connectivity index (χ0) is 19.2. The van der Waals surface area contributed by atoms with Gasteiger partial charge in [-0.25, -0.2) is 0 Å². The molecule has 1 unspecified atom stereocenters. The molecular formula is C21H31N3O2S. The van der Waals surface area contributed by atoms with Crippen LogP contribution >= 0.6 is 11.8 Å². The third kappa shape index (κ3) is 5.48. The first kappa shape index (κ1) is 20.2. The molecule has 2 saturated heterocycles. The van der Waals surface area contributed by atoms with Crippen LogP contribution in [0.4, 0.5) is 5.69 Å². The molecule has 0 radical (unpaired) electrons. The molecule has 1 aromatic carbocycles. The van der Waals surface area contributed by atoms with E-state index in [0.29, 0.717) is 19.5 Å². The molecule has 5 nitrogen and oxygen atoms in total. The lowest BCUT2D eigenvalue weighted by atomic mass is 9.99. The molecule has 148 valence electrons. The highest BCUT2D eigenvalue weighted by Crippen LogP contribution is 2.28. The molecule has 0 aliphatic carbocycles. The van der Waals surface area contributed by atoms with Gasteiger partial charge >= 0.3 is 0 Å². The largest absolute Gasteiger partial charge is 0.356 e. The molecule has 6 heteroatoms. The molecule has 2 fully saturated rings. The maximum atomic E-state index is 12.5. The van der Waals surface area contributed by atoms with Gasteiger partial charge in [0.1, 0.15) is 0 Å². The summed E-state index contributed by atoms with van der Waals surface area (Å²) in [5, 5.41) is 3.04. The number of piperidine rings is 1. The van der Waals surface area contributed by atoms with Crippen molar-refractivity contribution >= 4 is 29.3 Å². The number of hydrogen-bond acceptors (Lipinski definition) is 4. The van der Waals surface area contributed by atoms with Gasteiger partial charge in [-0.05, 0) is 69.3 Å². The third-order valence-electron chi connectivity index (χ3n) is 5.69. The fourth-order valence-corrected chi connectivity index (χ4v) is 4.31. The van der Waals surface area contributed by atoms with Gasteiger partial charge in [0, 0.05) is 30.1 Å². The van der Waals surface area contributed by atoms with Gasteiger partial charge in [-0.3, -0.25) is 9.59 Å². The minimum atomic E-state index is -0.244. The van der Waals surface area contributed by atoms with Crippen LogP contribution in [0.5, 0.6) is 0 Å². The van der Waals surface area contributed by atoms with Gasteiger partial charge < -0.3 is 15.1 Å². The minimum absolute atomic E-state index is 0.0131.